The van der Waals surface area contributed by atoms with Crippen molar-refractivity contribution in [3.63, 3.8) is 0 Å². The summed E-state index contributed by atoms with van der Waals surface area (Å²) < 4.78 is 5.34. The highest BCUT2D eigenvalue weighted by Crippen LogP contribution is 2.43. The molecule has 1 aliphatic heterocycles. The van der Waals surface area contributed by atoms with Gasteiger partial charge in [-0.25, -0.2) is 9.78 Å². The van der Waals surface area contributed by atoms with Crippen LogP contribution in [0.3, 0.4) is 0 Å². The fourth-order valence-electron chi connectivity index (χ4n) is 4.07. The third-order valence-electron chi connectivity index (χ3n) is 5.14. The Hall–Kier alpha value is -2.15. The molecule has 0 bridgehead atoms. The van der Waals surface area contributed by atoms with Crippen LogP contribution in [0.2, 0.25) is 0 Å². The number of hydrogen-bond donors (Lipinski definition) is 1. The number of fused-ring (bicyclic) bond motifs is 1. The predicted molar refractivity (Wildman–Crippen MR) is 87.8 cm³/mol. The maximum Gasteiger partial charge on any atom is 0.326 e. The number of nitrogens with zero attached hydrogens (tertiary/aromatic N) is 2. The number of likely N-dealkylation sites (tertiary alicyclic amines) is 1. The molecule has 1 amide bonds. The van der Waals surface area contributed by atoms with Gasteiger partial charge in [-0.05, 0) is 43.7 Å². The van der Waals surface area contributed by atoms with Crippen LogP contribution < -0.4 is 0 Å². The maximum absolute atomic E-state index is 13.0. The van der Waals surface area contributed by atoms with Gasteiger partial charge in [0.15, 0.2) is 10.8 Å². The second-order valence-corrected chi connectivity index (χ2v) is 7.70. The van der Waals surface area contributed by atoms with E-state index in [0.717, 1.165) is 24.1 Å². The first kappa shape index (κ1) is 15.4. The number of carbonyl (C=O) groups is 2. The summed E-state index contributed by atoms with van der Waals surface area (Å²) in [6.07, 6.45) is 4.51. The summed E-state index contributed by atoms with van der Waals surface area (Å²) in [6, 6.07) is 2.85. The van der Waals surface area contributed by atoms with Gasteiger partial charge in [-0.1, -0.05) is 6.42 Å². The summed E-state index contributed by atoms with van der Waals surface area (Å²) in [6.45, 7) is 2.36. The summed E-state index contributed by atoms with van der Waals surface area (Å²) in [7, 11) is 0. The Morgan fingerprint density at radius 2 is 2.25 bits per heavy atom. The number of rotatable bonds is 3. The first-order chi connectivity index (χ1) is 11.6. The lowest BCUT2D eigenvalue weighted by Gasteiger charge is -2.23. The Morgan fingerprint density at radius 3 is 2.96 bits per heavy atom. The van der Waals surface area contributed by atoms with E-state index < -0.39 is 12.0 Å². The normalized spacial score (nSPS) is 25.9. The summed E-state index contributed by atoms with van der Waals surface area (Å²) in [5.74, 6) is -0.177. The third-order valence-corrected chi connectivity index (χ3v) is 6.12. The fraction of sp³-hybridized carbons (Fsp3) is 0.471. The molecule has 126 valence electrons. The van der Waals surface area contributed by atoms with Crippen molar-refractivity contribution in [2.24, 2.45) is 11.8 Å². The van der Waals surface area contributed by atoms with Crippen molar-refractivity contribution in [2.45, 2.75) is 32.2 Å². The molecule has 0 spiro atoms. The monoisotopic (exact) mass is 346 g/mol. The molecule has 7 heteroatoms. The molecule has 0 radical (unpaired) electrons. The van der Waals surface area contributed by atoms with Gasteiger partial charge in [-0.15, -0.1) is 11.3 Å². The van der Waals surface area contributed by atoms with Gasteiger partial charge in [0.05, 0.1) is 6.26 Å². The Balaban J connectivity index is 1.65. The van der Waals surface area contributed by atoms with E-state index in [-0.39, 0.29) is 11.8 Å². The number of aromatic nitrogens is 1. The average molecular weight is 346 g/mol. The molecule has 1 aliphatic carbocycles. The molecule has 4 rings (SSSR count). The largest absolute Gasteiger partial charge is 0.480 e. The second-order valence-electron chi connectivity index (χ2n) is 6.50. The van der Waals surface area contributed by atoms with Crippen molar-refractivity contribution in [2.75, 3.05) is 6.54 Å². The first-order valence-corrected chi connectivity index (χ1v) is 8.93. The lowest BCUT2D eigenvalue weighted by molar-refractivity contribution is -0.142. The average Bonchev–Trinajstić information content (AvgIpc) is 3.29. The Bertz CT molecular complexity index is 783. The van der Waals surface area contributed by atoms with E-state index in [1.165, 1.54) is 16.2 Å². The molecule has 1 saturated heterocycles. The molecule has 1 saturated carbocycles. The van der Waals surface area contributed by atoms with Gasteiger partial charge < -0.3 is 14.4 Å². The molecule has 2 aliphatic rings. The number of carbonyl (C=O) groups excluding carboxylic acids is 1. The molecular formula is C17H18N2O4S. The van der Waals surface area contributed by atoms with Crippen molar-refractivity contribution in [1.29, 1.82) is 0 Å². The standard InChI is InChI=1S/C17H18N2O4S/c1-9-13(18-15(24-9)12-6-3-7-23-12)16(20)19-8-10-4-2-5-11(10)14(19)17(21)22/h3,6-7,10-11,14H,2,4-5,8H2,1H3,(H,21,22). The topological polar surface area (TPSA) is 83.6 Å². The highest BCUT2D eigenvalue weighted by Gasteiger charge is 2.50. The maximum atomic E-state index is 13.0. The number of thiazole rings is 1. The number of aryl methyl sites for hydroxylation is 1. The number of aliphatic carboxylic acids is 1. The predicted octanol–water partition coefficient (Wildman–Crippen LogP) is 3.04. The van der Waals surface area contributed by atoms with Crippen molar-refractivity contribution < 1.29 is 19.1 Å². The van der Waals surface area contributed by atoms with Crippen LogP contribution in [0.5, 0.6) is 0 Å². The quantitative estimate of drug-likeness (QED) is 0.923. The van der Waals surface area contributed by atoms with Gasteiger partial charge in [0, 0.05) is 11.4 Å². The van der Waals surface area contributed by atoms with Crippen LogP contribution in [0, 0.1) is 18.8 Å². The van der Waals surface area contributed by atoms with Crippen LogP contribution in [0.1, 0.15) is 34.6 Å². The zero-order chi connectivity index (χ0) is 16.8. The molecule has 2 fully saturated rings. The molecule has 2 aromatic rings. The van der Waals surface area contributed by atoms with Crippen LogP contribution in [-0.4, -0.2) is 39.5 Å². The number of carboxylic acids is 1. The minimum absolute atomic E-state index is 0.0786. The van der Waals surface area contributed by atoms with Crippen LogP contribution >= 0.6 is 11.3 Å². The molecule has 0 aromatic carbocycles. The minimum atomic E-state index is -0.906. The van der Waals surface area contributed by atoms with Gasteiger partial charge in [0.2, 0.25) is 0 Å². The van der Waals surface area contributed by atoms with E-state index in [9.17, 15) is 14.7 Å². The molecule has 3 atom stereocenters. The Kier molecular flexibility index (Phi) is 3.68. The highest BCUT2D eigenvalue weighted by atomic mass is 32.1. The molecule has 24 heavy (non-hydrogen) atoms. The molecule has 3 unspecified atom stereocenters. The molecule has 3 heterocycles. The van der Waals surface area contributed by atoms with Gasteiger partial charge in [-0.2, -0.15) is 0 Å². The first-order valence-electron chi connectivity index (χ1n) is 8.11. The van der Waals surface area contributed by atoms with Crippen molar-refractivity contribution in [3.05, 3.63) is 29.0 Å². The van der Waals surface area contributed by atoms with Gasteiger partial charge in [0.1, 0.15) is 11.7 Å². The second kappa shape index (κ2) is 5.73. The third kappa shape index (κ3) is 2.34. The fourth-order valence-corrected chi connectivity index (χ4v) is 4.94. The summed E-state index contributed by atoms with van der Waals surface area (Å²) >= 11 is 1.39. The SMILES string of the molecule is Cc1sc(-c2ccco2)nc1C(=O)N1CC2CCCC2C1C(=O)O. The van der Waals surface area contributed by atoms with E-state index >= 15 is 0 Å². The number of carboxylic acid groups (broad SMARTS) is 1. The van der Waals surface area contributed by atoms with Crippen LogP contribution in [-0.2, 0) is 4.79 Å². The van der Waals surface area contributed by atoms with E-state index in [1.807, 2.05) is 6.92 Å². The summed E-state index contributed by atoms with van der Waals surface area (Å²) in [4.78, 5) is 31.4. The van der Waals surface area contributed by atoms with Gasteiger partial charge >= 0.3 is 5.97 Å². The molecular weight excluding hydrogens is 328 g/mol. The van der Waals surface area contributed by atoms with Crippen molar-refractivity contribution in [1.82, 2.24) is 9.88 Å². The molecule has 1 N–H and O–H groups in total. The van der Waals surface area contributed by atoms with E-state index in [1.54, 1.807) is 18.4 Å². The Morgan fingerprint density at radius 1 is 1.42 bits per heavy atom. The highest BCUT2D eigenvalue weighted by molar-refractivity contribution is 7.15. The van der Waals surface area contributed by atoms with E-state index in [4.69, 9.17) is 4.42 Å². The zero-order valence-corrected chi connectivity index (χ0v) is 14.1. The van der Waals surface area contributed by atoms with Crippen LogP contribution in [0.15, 0.2) is 22.8 Å². The van der Waals surface area contributed by atoms with Gasteiger partial charge in [-0.3, -0.25) is 4.79 Å². The lowest BCUT2D eigenvalue weighted by Crippen LogP contribution is -2.43. The molecule has 6 nitrogen and oxygen atoms in total. The minimum Gasteiger partial charge on any atom is -0.480 e. The van der Waals surface area contributed by atoms with Crippen LogP contribution in [0.25, 0.3) is 10.8 Å². The van der Waals surface area contributed by atoms with Crippen molar-refractivity contribution >= 4 is 23.2 Å². The van der Waals surface area contributed by atoms with E-state index in [2.05, 4.69) is 4.98 Å². The summed E-state index contributed by atoms with van der Waals surface area (Å²) in [5.41, 5.74) is 0.345. The smallest absolute Gasteiger partial charge is 0.326 e. The lowest BCUT2D eigenvalue weighted by atomic mass is 9.94. The van der Waals surface area contributed by atoms with Crippen molar-refractivity contribution in [3.8, 4) is 10.8 Å². The number of amides is 1. The number of furan rings is 1. The number of hydrogen-bond acceptors (Lipinski definition) is 5. The zero-order valence-electron chi connectivity index (χ0n) is 13.3. The molecule has 2 aromatic heterocycles. The van der Waals surface area contributed by atoms with Crippen LogP contribution in [0.4, 0.5) is 0 Å². The Labute approximate surface area is 143 Å². The van der Waals surface area contributed by atoms with Gasteiger partial charge in [0.25, 0.3) is 5.91 Å². The van der Waals surface area contributed by atoms with E-state index in [0.29, 0.717) is 28.9 Å². The summed E-state index contributed by atoms with van der Waals surface area (Å²) in [5, 5.41) is 10.3.